The third-order valence-corrected chi connectivity index (χ3v) is 6.02. The lowest BCUT2D eigenvalue weighted by Gasteiger charge is -2.12. The Kier molecular flexibility index (Phi) is 5.19. The van der Waals surface area contributed by atoms with Crippen LogP contribution in [0.1, 0.15) is 29.5 Å². The number of ether oxygens (including phenoxy) is 1. The van der Waals surface area contributed by atoms with Gasteiger partial charge in [0.25, 0.3) is 0 Å². The Hall–Kier alpha value is -0.470. The minimum atomic E-state index is -3.46. The lowest BCUT2D eigenvalue weighted by molar-refractivity contribution is 0.180. The fourth-order valence-corrected chi connectivity index (χ4v) is 4.84. The van der Waals surface area contributed by atoms with E-state index < -0.39 is 10.0 Å². The van der Waals surface area contributed by atoms with Crippen LogP contribution in [0, 0.1) is 6.92 Å². The van der Waals surface area contributed by atoms with Crippen LogP contribution in [0.4, 0.5) is 0 Å². The monoisotopic (exact) mass is 318 g/mol. The van der Waals surface area contributed by atoms with Gasteiger partial charge in [-0.3, -0.25) is 0 Å². The lowest BCUT2D eigenvalue weighted by Crippen LogP contribution is -2.35. The van der Waals surface area contributed by atoms with Gasteiger partial charge in [0.05, 0.1) is 11.5 Å². The smallest absolute Gasteiger partial charge is 0.241 e. The van der Waals surface area contributed by atoms with Gasteiger partial charge < -0.3 is 10.1 Å². The molecule has 0 aliphatic heterocycles. The maximum atomic E-state index is 12.3. The Morgan fingerprint density at radius 3 is 2.80 bits per heavy atom. The Balaban J connectivity index is 2.05. The van der Waals surface area contributed by atoms with E-state index in [0.717, 1.165) is 16.3 Å². The first-order valence-corrected chi connectivity index (χ1v) is 9.06. The van der Waals surface area contributed by atoms with Crippen molar-refractivity contribution < 1.29 is 13.2 Å². The van der Waals surface area contributed by atoms with Crippen molar-refractivity contribution in [3.05, 3.63) is 15.8 Å². The van der Waals surface area contributed by atoms with Gasteiger partial charge in [-0.15, -0.1) is 11.3 Å². The summed E-state index contributed by atoms with van der Waals surface area (Å²) >= 11 is 1.54. The van der Waals surface area contributed by atoms with E-state index in [9.17, 15) is 8.42 Å². The van der Waals surface area contributed by atoms with Crippen LogP contribution in [0.25, 0.3) is 0 Å². The van der Waals surface area contributed by atoms with Crippen molar-refractivity contribution >= 4 is 21.4 Å². The summed E-state index contributed by atoms with van der Waals surface area (Å²) in [5.41, 5.74) is 0. The highest BCUT2D eigenvalue weighted by atomic mass is 32.2. The molecular weight excluding hydrogens is 296 g/mol. The molecule has 1 atom stereocenters. The van der Waals surface area contributed by atoms with Gasteiger partial charge in [0, 0.05) is 35.5 Å². The first kappa shape index (κ1) is 15.9. The molecule has 0 bridgehead atoms. The van der Waals surface area contributed by atoms with Crippen molar-refractivity contribution in [3.63, 3.8) is 0 Å². The molecule has 2 N–H and O–H groups in total. The van der Waals surface area contributed by atoms with Crippen LogP contribution in [0.2, 0.25) is 0 Å². The van der Waals surface area contributed by atoms with Gasteiger partial charge in [-0.05, 0) is 32.8 Å². The van der Waals surface area contributed by atoms with Gasteiger partial charge in [0.15, 0.2) is 0 Å². The number of sulfonamides is 1. The third kappa shape index (κ3) is 4.26. The van der Waals surface area contributed by atoms with Crippen molar-refractivity contribution in [1.29, 1.82) is 0 Å². The van der Waals surface area contributed by atoms with Crippen molar-refractivity contribution in [2.75, 3.05) is 13.7 Å². The SMILES string of the molecule is COCC(C)NS(=O)(=O)c1cc(CNC2CC2)sc1C. The number of rotatable bonds is 8. The fourth-order valence-electron chi connectivity index (χ4n) is 2.02. The normalized spacial score (nSPS) is 17.4. The van der Waals surface area contributed by atoms with Gasteiger partial charge in [-0.25, -0.2) is 13.1 Å². The molecule has 20 heavy (non-hydrogen) atoms. The highest BCUT2D eigenvalue weighted by Gasteiger charge is 2.24. The van der Waals surface area contributed by atoms with E-state index in [1.165, 1.54) is 24.2 Å². The van der Waals surface area contributed by atoms with E-state index in [1.54, 1.807) is 20.1 Å². The van der Waals surface area contributed by atoms with Crippen molar-refractivity contribution in [2.45, 2.75) is 50.2 Å². The average molecular weight is 318 g/mol. The predicted molar refractivity (Wildman–Crippen MR) is 80.6 cm³/mol. The van der Waals surface area contributed by atoms with Crippen LogP contribution < -0.4 is 10.0 Å². The predicted octanol–water partition coefficient (Wildman–Crippen LogP) is 1.62. The molecule has 1 aliphatic rings. The van der Waals surface area contributed by atoms with Gasteiger partial charge in [-0.2, -0.15) is 0 Å². The number of aryl methyl sites for hydroxylation is 1. The van der Waals surface area contributed by atoms with Crippen LogP contribution in [-0.2, 0) is 21.3 Å². The molecule has 114 valence electrons. The Bertz CT molecular complexity index is 550. The summed E-state index contributed by atoms with van der Waals surface area (Å²) in [4.78, 5) is 2.28. The molecule has 1 aromatic rings. The maximum Gasteiger partial charge on any atom is 0.241 e. The van der Waals surface area contributed by atoms with Crippen molar-refractivity contribution in [3.8, 4) is 0 Å². The summed E-state index contributed by atoms with van der Waals surface area (Å²) in [7, 11) is -1.90. The second-order valence-corrected chi connectivity index (χ2v) is 8.29. The largest absolute Gasteiger partial charge is 0.383 e. The summed E-state index contributed by atoms with van der Waals surface area (Å²) in [6, 6.07) is 2.16. The fraction of sp³-hybridized carbons (Fsp3) is 0.692. The molecule has 0 radical (unpaired) electrons. The zero-order chi connectivity index (χ0) is 14.8. The number of hydrogen-bond donors (Lipinski definition) is 2. The zero-order valence-corrected chi connectivity index (χ0v) is 13.7. The molecule has 1 aliphatic carbocycles. The molecule has 0 spiro atoms. The highest BCUT2D eigenvalue weighted by Crippen LogP contribution is 2.27. The Morgan fingerprint density at radius 2 is 2.20 bits per heavy atom. The van der Waals surface area contributed by atoms with E-state index in [4.69, 9.17) is 4.74 Å². The third-order valence-electron chi connectivity index (χ3n) is 3.13. The van der Waals surface area contributed by atoms with Crippen molar-refractivity contribution in [2.24, 2.45) is 0 Å². The molecule has 1 aromatic heterocycles. The number of methoxy groups -OCH3 is 1. The van der Waals surface area contributed by atoms with Crippen LogP contribution in [0.3, 0.4) is 0 Å². The van der Waals surface area contributed by atoms with Gasteiger partial charge in [-0.1, -0.05) is 0 Å². The second kappa shape index (κ2) is 6.53. The summed E-state index contributed by atoms with van der Waals surface area (Å²) in [5, 5.41) is 3.40. The maximum absolute atomic E-state index is 12.3. The molecule has 2 rings (SSSR count). The zero-order valence-electron chi connectivity index (χ0n) is 12.1. The molecule has 0 aromatic carbocycles. The second-order valence-electron chi connectivity index (χ2n) is 5.27. The van der Waals surface area contributed by atoms with E-state index in [1.807, 2.05) is 6.92 Å². The van der Waals surface area contributed by atoms with Gasteiger partial charge >= 0.3 is 0 Å². The number of hydrogen-bond acceptors (Lipinski definition) is 5. The molecule has 1 fully saturated rings. The van der Waals surface area contributed by atoms with Crippen LogP contribution >= 0.6 is 11.3 Å². The highest BCUT2D eigenvalue weighted by molar-refractivity contribution is 7.89. The van der Waals surface area contributed by atoms with E-state index in [0.29, 0.717) is 17.5 Å². The first-order chi connectivity index (χ1) is 9.42. The summed E-state index contributed by atoms with van der Waals surface area (Å²) in [6.07, 6.45) is 2.46. The van der Waals surface area contributed by atoms with Crippen LogP contribution in [-0.4, -0.2) is 34.2 Å². The summed E-state index contributed by atoms with van der Waals surface area (Å²) < 4.78 is 32.2. The topological polar surface area (TPSA) is 67.4 Å². The average Bonchev–Trinajstić information content (AvgIpc) is 3.09. The number of nitrogens with one attached hydrogen (secondary N) is 2. The Morgan fingerprint density at radius 1 is 1.50 bits per heavy atom. The van der Waals surface area contributed by atoms with Crippen LogP contribution in [0.15, 0.2) is 11.0 Å². The molecule has 7 heteroatoms. The van der Waals surface area contributed by atoms with E-state index in [-0.39, 0.29) is 6.04 Å². The molecule has 0 amide bonds. The van der Waals surface area contributed by atoms with Gasteiger partial charge in [0.1, 0.15) is 0 Å². The van der Waals surface area contributed by atoms with E-state index in [2.05, 4.69) is 10.0 Å². The molecular formula is C13H22N2O3S2. The quantitative estimate of drug-likeness (QED) is 0.764. The Labute approximate surface area is 124 Å². The molecule has 1 saturated carbocycles. The lowest BCUT2D eigenvalue weighted by atomic mass is 10.4. The molecule has 1 heterocycles. The summed E-state index contributed by atoms with van der Waals surface area (Å²) in [6.45, 7) is 4.75. The molecule has 0 saturated heterocycles. The van der Waals surface area contributed by atoms with Gasteiger partial charge in [0.2, 0.25) is 10.0 Å². The van der Waals surface area contributed by atoms with Crippen LogP contribution in [0.5, 0.6) is 0 Å². The van der Waals surface area contributed by atoms with E-state index >= 15 is 0 Å². The summed E-state index contributed by atoms with van der Waals surface area (Å²) in [5.74, 6) is 0. The molecule has 5 nitrogen and oxygen atoms in total. The minimum Gasteiger partial charge on any atom is -0.383 e. The van der Waals surface area contributed by atoms with Crippen molar-refractivity contribution in [1.82, 2.24) is 10.0 Å². The first-order valence-electron chi connectivity index (χ1n) is 6.76. The minimum absolute atomic E-state index is 0.239. The standard InChI is InChI=1S/C13H22N2O3S2/c1-9(8-18-3)15-20(16,17)13-6-12(19-10(13)2)7-14-11-4-5-11/h6,9,11,14-15H,4-5,7-8H2,1-3H3. The molecule has 1 unspecified atom stereocenters. The number of thiophene rings is 1.